The van der Waals surface area contributed by atoms with Crippen molar-refractivity contribution in [3.05, 3.63) is 77.2 Å². The number of aromatic nitrogens is 1. The molecule has 0 aliphatic heterocycles. The molecule has 4 heteroatoms. The van der Waals surface area contributed by atoms with Gasteiger partial charge in [0.2, 0.25) is 0 Å². The van der Waals surface area contributed by atoms with Crippen LogP contribution in [0, 0.1) is 30.7 Å². The molecule has 0 saturated heterocycles. The predicted octanol–water partition coefficient (Wildman–Crippen LogP) is 9.70. The van der Waals surface area contributed by atoms with Crippen LogP contribution in [-0.2, 0) is 24.9 Å². The molecule has 3 nitrogen and oxygen atoms in total. The fourth-order valence-corrected chi connectivity index (χ4v) is 3.85. The number of benzene rings is 2. The summed E-state index contributed by atoms with van der Waals surface area (Å²) in [6, 6.07) is 16.6. The van der Waals surface area contributed by atoms with E-state index >= 15 is 0 Å². The van der Waals surface area contributed by atoms with Gasteiger partial charge in [-0.1, -0.05) is 87.4 Å². The van der Waals surface area contributed by atoms with Crippen molar-refractivity contribution < 1.29 is 30.0 Å². The van der Waals surface area contributed by atoms with Crippen LogP contribution in [-0.4, -0.2) is 15.9 Å². The van der Waals surface area contributed by atoms with E-state index in [1.54, 1.807) is 0 Å². The summed E-state index contributed by atoms with van der Waals surface area (Å²) in [6.45, 7) is 20.4. The first kappa shape index (κ1) is 33.7. The van der Waals surface area contributed by atoms with Crippen molar-refractivity contribution in [2.75, 3.05) is 0 Å². The minimum absolute atomic E-state index is 0. The van der Waals surface area contributed by atoms with Crippen LogP contribution in [0.4, 0.5) is 0 Å². The Kier molecular flexibility index (Phi) is 12.6. The number of aliphatic hydroxyl groups excluding tert-OH is 1. The molecule has 2 aromatic carbocycles. The molecule has 3 aromatic rings. The van der Waals surface area contributed by atoms with E-state index < -0.39 is 0 Å². The van der Waals surface area contributed by atoms with Gasteiger partial charge in [-0.25, -0.2) is 0 Å². The third-order valence-electron chi connectivity index (χ3n) is 7.77. The van der Waals surface area contributed by atoms with Crippen LogP contribution in [0.15, 0.2) is 54.4 Å². The van der Waals surface area contributed by atoms with Crippen molar-refractivity contribution >= 4 is 16.6 Å². The van der Waals surface area contributed by atoms with Crippen LogP contribution in [0.25, 0.3) is 22.0 Å². The van der Waals surface area contributed by atoms with Crippen LogP contribution >= 0.6 is 0 Å². The number of carbonyl (C=O) groups excluding carboxylic acids is 1. The second kappa shape index (κ2) is 14.2. The molecule has 1 unspecified atom stereocenters. The monoisotopic (exact) mass is 693 g/mol. The zero-order valence-electron chi connectivity index (χ0n) is 25.0. The summed E-state index contributed by atoms with van der Waals surface area (Å²) in [6.07, 6.45) is 6.06. The number of fused-ring (bicyclic) bond motifs is 1. The molecule has 3 rings (SSSR count). The summed E-state index contributed by atoms with van der Waals surface area (Å²) in [7, 11) is 0. The van der Waals surface area contributed by atoms with Crippen LogP contribution in [0.5, 0.6) is 0 Å². The van der Waals surface area contributed by atoms with Gasteiger partial charge < -0.3 is 10.1 Å². The Morgan fingerprint density at radius 1 is 1.00 bits per heavy atom. The van der Waals surface area contributed by atoms with Crippen molar-refractivity contribution in [3.63, 3.8) is 0 Å². The Hall–Kier alpha value is -2.29. The van der Waals surface area contributed by atoms with Gasteiger partial charge in [0.05, 0.1) is 0 Å². The fourth-order valence-electron chi connectivity index (χ4n) is 3.85. The molecule has 0 spiro atoms. The first-order valence-corrected chi connectivity index (χ1v) is 13.6. The summed E-state index contributed by atoms with van der Waals surface area (Å²) in [5.74, 6) is 0.786. The topological polar surface area (TPSA) is 50.2 Å². The molecule has 0 fully saturated rings. The van der Waals surface area contributed by atoms with Crippen LogP contribution in [0.2, 0.25) is 0 Å². The van der Waals surface area contributed by atoms with Gasteiger partial charge in [0, 0.05) is 43.2 Å². The van der Waals surface area contributed by atoms with Gasteiger partial charge in [-0.2, -0.15) is 0 Å². The Labute approximate surface area is 244 Å². The standard InChI is InChI=1S/C21H22N.C13H24O2.Ir/c1-5-16(4)17-6-7-20-18(13-17)8-9-22-21(20)19-11-14(2)10-15(3)12-19;1-7-12(3,4)10(14)9-11(15)13(5,6)8-2;/h6-11,13,16H,5H2,1-4H3;9,14H,7-8H2,1-6H3;/q-1;;/b;10-9-;. The molecule has 0 aliphatic rings. The second-order valence-electron chi connectivity index (χ2n) is 11.6. The van der Waals surface area contributed by atoms with Crippen LogP contribution in [0.3, 0.4) is 0 Å². The summed E-state index contributed by atoms with van der Waals surface area (Å²) in [4.78, 5) is 16.5. The molecular weight excluding hydrogens is 647 g/mol. The van der Waals surface area contributed by atoms with Gasteiger partial charge in [-0.05, 0) is 53.3 Å². The normalized spacial score (nSPS) is 12.8. The molecule has 1 aromatic heterocycles. The van der Waals surface area contributed by atoms with E-state index in [2.05, 4.69) is 75.1 Å². The SMILES string of the molecule is CCC(C)(C)C(=O)/C=C(\O)C(C)(C)CC.CCC(C)c1ccc2c(-c3[c-]c(C)cc(C)c3)nccc2c1.[Ir]. The number of rotatable bonds is 8. The Bertz CT molecular complexity index is 1240. The molecule has 0 saturated carbocycles. The van der Waals surface area contributed by atoms with Crippen molar-refractivity contribution in [1.29, 1.82) is 0 Å². The Morgan fingerprint density at radius 2 is 1.63 bits per heavy atom. The summed E-state index contributed by atoms with van der Waals surface area (Å²) < 4.78 is 0. The van der Waals surface area contributed by atoms with Gasteiger partial charge in [0.15, 0.2) is 5.78 Å². The summed E-state index contributed by atoms with van der Waals surface area (Å²) in [5.41, 5.74) is 5.24. The van der Waals surface area contributed by atoms with E-state index in [-0.39, 0.29) is 42.5 Å². The van der Waals surface area contributed by atoms with Crippen LogP contribution < -0.4 is 0 Å². The van der Waals surface area contributed by atoms with Crippen molar-refractivity contribution in [1.82, 2.24) is 4.98 Å². The number of hydrogen-bond donors (Lipinski definition) is 1. The molecule has 0 aliphatic carbocycles. The Balaban J connectivity index is 0.000000401. The van der Waals surface area contributed by atoms with E-state index in [0.717, 1.165) is 36.1 Å². The molecule has 1 heterocycles. The quantitative estimate of drug-likeness (QED) is 0.145. The number of carbonyl (C=O) groups is 1. The van der Waals surface area contributed by atoms with Gasteiger partial charge in [-0.3, -0.25) is 4.79 Å². The zero-order valence-corrected chi connectivity index (χ0v) is 27.3. The number of aliphatic hydroxyl groups is 1. The maximum atomic E-state index is 11.8. The smallest absolute Gasteiger partial charge is 0.164 e. The molecule has 38 heavy (non-hydrogen) atoms. The summed E-state index contributed by atoms with van der Waals surface area (Å²) >= 11 is 0. The van der Waals surface area contributed by atoms with Gasteiger partial charge in [0.1, 0.15) is 5.76 Å². The second-order valence-corrected chi connectivity index (χ2v) is 11.6. The minimum Gasteiger partial charge on any atom is -0.512 e. The number of nitrogens with zero attached hydrogens (tertiary/aromatic N) is 1. The number of pyridine rings is 1. The molecule has 1 atom stereocenters. The number of aryl methyl sites for hydroxylation is 2. The fraction of sp³-hybridized carbons (Fsp3) is 0.471. The first-order chi connectivity index (χ1) is 17.2. The van der Waals surface area contributed by atoms with E-state index in [1.165, 1.54) is 28.0 Å². The average Bonchev–Trinajstić information content (AvgIpc) is 2.87. The van der Waals surface area contributed by atoms with Crippen molar-refractivity contribution in [3.8, 4) is 11.3 Å². The van der Waals surface area contributed by atoms with E-state index in [9.17, 15) is 9.90 Å². The maximum absolute atomic E-state index is 11.8. The molecular formula is C34H46IrNO2-. The van der Waals surface area contributed by atoms with Gasteiger partial charge >= 0.3 is 0 Å². The number of allylic oxidation sites excluding steroid dienone is 2. The van der Waals surface area contributed by atoms with E-state index in [0.29, 0.717) is 5.92 Å². The first-order valence-electron chi connectivity index (χ1n) is 13.6. The third-order valence-corrected chi connectivity index (χ3v) is 7.77. The maximum Gasteiger partial charge on any atom is 0.164 e. The summed E-state index contributed by atoms with van der Waals surface area (Å²) in [5, 5.41) is 12.3. The van der Waals surface area contributed by atoms with Crippen molar-refractivity contribution in [2.24, 2.45) is 10.8 Å². The predicted molar refractivity (Wildman–Crippen MR) is 158 cm³/mol. The molecule has 0 amide bonds. The minimum atomic E-state index is -0.377. The zero-order chi connectivity index (χ0) is 28.0. The average molecular weight is 693 g/mol. The third kappa shape index (κ3) is 8.61. The van der Waals surface area contributed by atoms with E-state index in [4.69, 9.17) is 0 Å². The number of hydrogen-bond acceptors (Lipinski definition) is 3. The molecule has 209 valence electrons. The van der Waals surface area contributed by atoms with Gasteiger partial charge in [-0.15, -0.1) is 34.9 Å². The number of ketones is 1. The molecule has 0 bridgehead atoms. The largest absolute Gasteiger partial charge is 0.512 e. The Morgan fingerprint density at radius 3 is 2.18 bits per heavy atom. The molecule has 1 N–H and O–H groups in total. The van der Waals surface area contributed by atoms with Crippen molar-refractivity contribution in [2.45, 2.75) is 94.4 Å². The van der Waals surface area contributed by atoms with Crippen LogP contribution in [0.1, 0.15) is 97.3 Å². The van der Waals surface area contributed by atoms with E-state index in [1.807, 2.05) is 47.7 Å². The molecule has 1 radical (unpaired) electrons. The van der Waals surface area contributed by atoms with Gasteiger partial charge in [0.25, 0.3) is 0 Å².